The summed E-state index contributed by atoms with van der Waals surface area (Å²) in [6, 6.07) is 0. The number of piperidine rings is 1. The average Bonchev–Trinajstić information content (AvgIpc) is 1.88. The van der Waals surface area contributed by atoms with Gasteiger partial charge < -0.3 is 10.2 Å². The molecule has 2 unspecified atom stereocenters. The van der Waals surface area contributed by atoms with E-state index in [-0.39, 0.29) is 12.5 Å². The lowest BCUT2D eigenvalue weighted by molar-refractivity contribution is -0.00200. The first-order valence-corrected chi connectivity index (χ1v) is 3.52. The van der Waals surface area contributed by atoms with E-state index in [0.717, 1.165) is 13.0 Å². The molecule has 10 heavy (non-hydrogen) atoms. The maximum atomic E-state index is 9.26. The van der Waals surface area contributed by atoms with Crippen LogP contribution in [0.1, 0.15) is 6.42 Å². The Hall–Kier alpha value is -0.160. The van der Waals surface area contributed by atoms with Crippen LogP contribution in [0.3, 0.4) is 0 Å². The van der Waals surface area contributed by atoms with Crippen LogP contribution in [-0.4, -0.2) is 41.0 Å². The molecule has 0 aromatic rings. The lowest BCUT2D eigenvalue weighted by Gasteiger charge is -2.31. The van der Waals surface area contributed by atoms with Crippen molar-refractivity contribution in [3.63, 3.8) is 0 Å². The third-order valence-electron chi connectivity index (χ3n) is 1.99. The molecule has 0 bridgehead atoms. The Labute approximate surface area is 60.2 Å². The van der Waals surface area contributed by atoms with Crippen molar-refractivity contribution in [2.75, 3.05) is 19.7 Å². The highest BCUT2D eigenvalue weighted by atomic mass is 16.3. The van der Waals surface area contributed by atoms with E-state index in [4.69, 9.17) is 10.9 Å². The van der Waals surface area contributed by atoms with Gasteiger partial charge in [0.25, 0.3) is 0 Å². The maximum absolute atomic E-state index is 9.26. The summed E-state index contributed by atoms with van der Waals surface area (Å²) in [7, 11) is 0. The highest BCUT2D eigenvalue weighted by molar-refractivity contribution is 4.76. The summed E-state index contributed by atoms with van der Waals surface area (Å²) in [4.78, 5) is 0. The lowest BCUT2D eigenvalue weighted by Crippen LogP contribution is -2.48. The van der Waals surface area contributed by atoms with E-state index in [1.165, 1.54) is 0 Å². The first-order valence-electron chi connectivity index (χ1n) is 3.52. The Morgan fingerprint density at radius 2 is 2.30 bits per heavy atom. The van der Waals surface area contributed by atoms with Gasteiger partial charge in [0.1, 0.15) is 0 Å². The monoisotopic (exact) mass is 146 g/mol. The van der Waals surface area contributed by atoms with Crippen molar-refractivity contribution < 1.29 is 10.2 Å². The second-order valence-corrected chi connectivity index (χ2v) is 2.79. The zero-order chi connectivity index (χ0) is 7.56. The number of β-amino-alcohol motifs (C(OH)–C–C–N with tert-alkyl or cyclic N) is 1. The van der Waals surface area contributed by atoms with Crippen molar-refractivity contribution in [1.82, 2.24) is 5.01 Å². The predicted octanol–water partition coefficient (Wildman–Crippen LogP) is -1.46. The average molecular weight is 146 g/mol. The third-order valence-corrected chi connectivity index (χ3v) is 1.99. The fourth-order valence-electron chi connectivity index (χ4n) is 1.22. The van der Waals surface area contributed by atoms with Crippen LogP contribution in [0.4, 0.5) is 0 Å². The molecule has 60 valence electrons. The fourth-order valence-corrected chi connectivity index (χ4v) is 1.22. The summed E-state index contributed by atoms with van der Waals surface area (Å²) >= 11 is 0. The van der Waals surface area contributed by atoms with E-state index in [1.54, 1.807) is 5.01 Å². The van der Waals surface area contributed by atoms with Crippen LogP contribution in [0.25, 0.3) is 0 Å². The molecule has 0 radical (unpaired) electrons. The molecule has 1 fully saturated rings. The molecule has 0 aromatic heterocycles. The minimum atomic E-state index is -0.455. The van der Waals surface area contributed by atoms with Crippen LogP contribution in [0.15, 0.2) is 0 Å². The van der Waals surface area contributed by atoms with Gasteiger partial charge in [-0.1, -0.05) is 0 Å². The Kier molecular flexibility index (Phi) is 2.62. The Morgan fingerprint density at radius 3 is 2.80 bits per heavy atom. The number of rotatable bonds is 1. The summed E-state index contributed by atoms with van der Waals surface area (Å²) in [5, 5.41) is 19.6. The number of hydrogen-bond donors (Lipinski definition) is 3. The molecular formula is C6H14N2O2. The number of hydrazine groups is 1. The van der Waals surface area contributed by atoms with E-state index in [1.807, 2.05) is 0 Å². The predicted molar refractivity (Wildman–Crippen MR) is 37.0 cm³/mol. The maximum Gasteiger partial charge on any atom is 0.0731 e. The first kappa shape index (κ1) is 7.94. The molecule has 0 aromatic carbocycles. The summed E-state index contributed by atoms with van der Waals surface area (Å²) in [5.74, 6) is 5.46. The summed E-state index contributed by atoms with van der Waals surface area (Å²) in [6.45, 7) is 1.31. The molecule has 4 heteroatoms. The van der Waals surface area contributed by atoms with Crippen LogP contribution in [0, 0.1) is 5.92 Å². The summed E-state index contributed by atoms with van der Waals surface area (Å²) < 4.78 is 0. The van der Waals surface area contributed by atoms with Crippen LogP contribution in [0.5, 0.6) is 0 Å². The van der Waals surface area contributed by atoms with E-state index >= 15 is 0 Å². The Bertz CT molecular complexity index is 110. The molecule has 1 aliphatic rings. The number of nitrogens with zero attached hydrogens (tertiary/aromatic N) is 1. The van der Waals surface area contributed by atoms with E-state index < -0.39 is 6.10 Å². The normalized spacial score (nSPS) is 36.3. The number of hydrogen-bond acceptors (Lipinski definition) is 4. The molecule has 0 spiro atoms. The van der Waals surface area contributed by atoms with Crippen LogP contribution in [0.2, 0.25) is 0 Å². The zero-order valence-electron chi connectivity index (χ0n) is 5.90. The number of aliphatic hydroxyl groups is 2. The van der Waals surface area contributed by atoms with Crippen molar-refractivity contribution in [3.05, 3.63) is 0 Å². The molecule has 1 rings (SSSR count). The van der Waals surface area contributed by atoms with Crippen LogP contribution >= 0.6 is 0 Å². The Balaban J connectivity index is 2.36. The minimum absolute atomic E-state index is 0.0276. The Morgan fingerprint density at radius 1 is 1.60 bits per heavy atom. The van der Waals surface area contributed by atoms with Gasteiger partial charge in [0.2, 0.25) is 0 Å². The molecule has 0 amide bonds. The van der Waals surface area contributed by atoms with Gasteiger partial charge in [-0.3, -0.25) is 5.84 Å². The molecule has 0 aliphatic carbocycles. The van der Waals surface area contributed by atoms with Gasteiger partial charge in [0, 0.05) is 25.6 Å². The van der Waals surface area contributed by atoms with E-state index in [0.29, 0.717) is 6.54 Å². The third kappa shape index (κ3) is 1.67. The van der Waals surface area contributed by atoms with Crippen LogP contribution in [-0.2, 0) is 0 Å². The molecule has 1 heterocycles. The van der Waals surface area contributed by atoms with E-state index in [9.17, 15) is 5.11 Å². The largest absolute Gasteiger partial charge is 0.396 e. The first-order chi connectivity index (χ1) is 4.74. The molecular weight excluding hydrogens is 132 g/mol. The highest BCUT2D eigenvalue weighted by Crippen LogP contribution is 2.14. The molecule has 4 N–H and O–H groups in total. The van der Waals surface area contributed by atoms with Gasteiger partial charge in [-0.25, -0.2) is 5.01 Å². The smallest absolute Gasteiger partial charge is 0.0731 e. The topological polar surface area (TPSA) is 69.7 Å². The SMILES string of the molecule is NN1CCC(CO)C(O)C1. The highest BCUT2D eigenvalue weighted by Gasteiger charge is 2.24. The van der Waals surface area contributed by atoms with Gasteiger partial charge in [-0.2, -0.15) is 0 Å². The molecule has 4 nitrogen and oxygen atoms in total. The van der Waals surface area contributed by atoms with Gasteiger partial charge >= 0.3 is 0 Å². The summed E-state index contributed by atoms with van der Waals surface area (Å²) in [6.07, 6.45) is 0.331. The van der Waals surface area contributed by atoms with Crippen molar-refractivity contribution in [2.45, 2.75) is 12.5 Å². The van der Waals surface area contributed by atoms with Gasteiger partial charge in [0.15, 0.2) is 0 Å². The number of nitrogens with two attached hydrogens (primary N) is 1. The minimum Gasteiger partial charge on any atom is -0.396 e. The molecule has 0 saturated carbocycles. The lowest BCUT2D eigenvalue weighted by atomic mass is 9.96. The molecule has 1 saturated heterocycles. The second kappa shape index (κ2) is 3.30. The second-order valence-electron chi connectivity index (χ2n) is 2.79. The molecule has 1 aliphatic heterocycles. The molecule has 2 atom stereocenters. The number of aliphatic hydroxyl groups excluding tert-OH is 2. The standard InChI is InChI=1S/C6H14N2O2/c7-8-2-1-5(4-9)6(10)3-8/h5-6,9-10H,1-4,7H2. The quantitative estimate of drug-likeness (QED) is 0.395. The summed E-state index contributed by atoms with van der Waals surface area (Å²) in [5.41, 5.74) is 0. The van der Waals surface area contributed by atoms with Crippen molar-refractivity contribution >= 4 is 0 Å². The van der Waals surface area contributed by atoms with Crippen molar-refractivity contribution in [2.24, 2.45) is 11.8 Å². The van der Waals surface area contributed by atoms with E-state index in [2.05, 4.69) is 0 Å². The van der Waals surface area contributed by atoms with Gasteiger partial charge in [0.05, 0.1) is 6.10 Å². The van der Waals surface area contributed by atoms with Crippen LogP contribution < -0.4 is 5.84 Å². The fraction of sp³-hybridized carbons (Fsp3) is 1.00. The van der Waals surface area contributed by atoms with Crippen molar-refractivity contribution in [1.29, 1.82) is 0 Å². The zero-order valence-corrected chi connectivity index (χ0v) is 5.90. The van der Waals surface area contributed by atoms with Gasteiger partial charge in [-0.05, 0) is 6.42 Å². The van der Waals surface area contributed by atoms with Crippen molar-refractivity contribution in [3.8, 4) is 0 Å². The van der Waals surface area contributed by atoms with Gasteiger partial charge in [-0.15, -0.1) is 0 Å².